The van der Waals surface area contributed by atoms with Crippen molar-refractivity contribution in [1.29, 1.82) is 0 Å². The number of pyridine rings is 1. The number of halogens is 1. The lowest BCUT2D eigenvalue weighted by atomic mass is 10.0. The summed E-state index contributed by atoms with van der Waals surface area (Å²) >= 11 is 0. The van der Waals surface area contributed by atoms with E-state index in [-0.39, 0.29) is 23.4 Å². The Balaban J connectivity index is 2.99. The number of hydrogen-bond donors (Lipinski definition) is 3. The highest BCUT2D eigenvalue weighted by Gasteiger charge is 2.18. The highest BCUT2D eigenvalue weighted by molar-refractivity contribution is 5.73. The molecule has 0 spiro atoms. The molecule has 0 aliphatic carbocycles. The fourth-order valence-corrected chi connectivity index (χ4v) is 1.31. The number of aromatic hydroxyl groups is 1. The van der Waals surface area contributed by atoms with Gasteiger partial charge in [-0.1, -0.05) is 0 Å². The summed E-state index contributed by atoms with van der Waals surface area (Å²) in [6, 6.07) is 0.0937. The zero-order valence-electron chi connectivity index (χ0n) is 8.72. The van der Waals surface area contributed by atoms with Gasteiger partial charge in [-0.15, -0.1) is 0 Å². The predicted octanol–water partition coefficient (Wildman–Crippen LogP) is 0.772. The van der Waals surface area contributed by atoms with Gasteiger partial charge in [0.05, 0.1) is 6.20 Å². The predicted molar refractivity (Wildman–Crippen MR) is 54.7 cm³/mol. The lowest BCUT2D eigenvalue weighted by Crippen LogP contribution is -2.33. The van der Waals surface area contributed by atoms with Gasteiger partial charge >= 0.3 is 5.97 Å². The van der Waals surface area contributed by atoms with Crippen molar-refractivity contribution in [2.24, 2.45) is 5.73 Å². The van der Waals surface area contributed by atoms with Crippen molar-refractivity contribution in [3.05, 3.63) is 23.5 Å². The van der Waals surface area contributed by atoms with Crippen molar-refractivity contribution in [3.8, 4) is 5.75 Å². The Morgan fingerprint density at radius 2 is 2.31 bits per heavy atom. The number of nitrogens with zero attached hydrogens (tertiary/aromatic N) is 1. The van der Waals surface area contributed by atoms with Crippen LogP contribution in [0.4, 0.5) is 4.39 Å². The van der Waals surface area contributed by atoms with Gasteiger partial charge in [0, 0.05) is 17.7 Å². The number of hydrogen-bond acceptors (Lipinski definition) is 4. The van der Waals surface area contributed by atoms with Crippen LogP contribution >= 0.6 is 0 Å². The molecule has 1 aromatic heterocycles. The van der Waals surface area contributed by atoms with Crippen LogP contribution < -0.4 is 5.73 Å². The Hall–Kier alpha value is -1.69. The van der Waals surface area contributed by atoms with Crippen molar-refractivity contribution in [2.45, 2.75) is 25.6 Å². The summed E-state index contributed by atoms with van der Waals surface area (Å²) < 4.78 is 13.2. The van der Waals surface area contributed by atoms with E-state index in [2.05, 4.69) is 4.98 Å². The van der Waals surface area contributed by atoms with Gasteiger partial charge in [-0.05, 0) is 13.0 Å². The molecular formula is C10H13FN2O3. The topological polar surface area (TPSA) is 96.4 Å². The zero-order chi connectivity index (χ0) is 12.3. The number of aliphatic carboxylic acids is 1. The summed E-state index contributed by atoms with van der Waals surface area (Å²) in [4.78, 5) is 14.3. The molecule has 6 heteroatoms. The molecule has 0 aromatic carbocycles. The van der Waals surface area contributed by atoms with Gasteiger partial charge in [0.25, 0.3) is 0 Å². The summed E-state index contributed by atoms with van der Waals surface area (Å²) in [6.45, 7) is 1.28. The van der Waals surface area contributed by atoms with Crippen LogP contribution in [-0.2, 0) is 11.2 Å². The minimum absolute atomic E-state index is 0.0702. The van der Waals surface area contributed by atoms with Gasteiger partial charge in [0.2, 0.25) is 0 Å². The molecule has 0 radical (unpaired) electrons. The smallest absolute Gasteiger partial charge is 0.320 e. The Morgan fingerprint density at radius 1 is 1.69 bits per heavy atom. The van der Waals surface area contributed by atoms with Gasteiger partial charge in [0.1, 0.15) is 18.0 Å². The first-order valence-electron chi connectivity index (χ1n) is 4.72. The molecule has 0 aliphatic heterocycles. The summed E-state index contributed by atoms with van der Waals surface area (Å²) in [5.74, 6) is -1.33. The molecular weight excluding hydrogens is 215 g/mol. The van der Waals surface area contributed by atoms with E-state index in [0.29, 0.717) is 0 Å². The number of carbonyl (C=O) groups is 1. The zero-order valence-corrected chi connectivity index (χ0v) is 8.72. The molecule has 4 N–H and O–H groups in total. The van der Waals surface area contributed by atoms with Crippen LogP contribution in [0.2, 0.25) is 0 Å². The number of carboxylic acids is 1. The molecule has 2 unspecified atom stereocenters. The van der Waals surface area contributed by atoms with Crippen molar-refractivity contribution >= 4 is 5.97 Å². The van der Waals surface area contributed by atoms with Crippen LogP contribution in [0.5, 0.6) is 5.75 Å². The minimum Gasteiger partial charge on any atom is -0.506 e. The monoisotopic (exact) mass is 228 g/mol. The van der Waals surface area contributed by atoms with E-state index in [1.54, 1.807) is 0 Å². The van der Waals surface area contributed by atoms with Crippen LogP contribution in [-0.4, -0.2) is 27.2 Å². The Kier molecular flexibility index (Phi) is 3.78. The van der Waals surface area contributed by atoms with E-state index in [0.717, 1.165) is 6.20 Å². The Morgan fingerprint density at radius 3 is 2.81 bits per heavy atom. The SMILES string of the molecule is CC(F)c1cc(O)cnc1CC(N)C(=O)O. The highest BCUT2D eigenvalue weighted by Crippen LogP contribution is 2.24. The van der Waals surface area contributed by atoms with E-state index in [1.807, 2.05) is 0 Å². The third-order valence-electron chi connectivity index (χ3n) is 2.15. The van der Waals surface area contributed by atoms with Crippen LogP contribution in [0.1, 0.15) is 24.4 Å². The van der Waals surface area contributed by atoms with Crippen molar-refractivity contribution in [1.82, 2.24) is 4.98 Å². The number of rotatable bonds is 4. The lowest BCUT2D eigenvalue weighted by molar-refractivity contribution is -0.138. The maximum Gasteiger partial charge on any atom is 0.320 e. The van der Waals surface area contributed by atoms with Crippen molar-refractivity contribution in [3.63, 3.8) is 0 Å². The van der Waals surface area contributed by atoms with Crippen molar-refractivity contribution in [2.75, 3.05) is 0 Å². The van der Waals surface area contributed by atoms with Crippen LogP contribution in [0.15, 0.2) is 12.3 Å². The molecule has 2 atom stereocenters. The second kappa shape index (κ2) is 4.89. The third kappa shape index (κ3) is 2.90. The van der Waals surface area contributed by atoms with Gasteiger partial charge in [-0.2, -0.15) is 0 Å². The molecule has 1 heterocycles. The van der Waals surface area contributed by atoms with E-state index < -0.39 is 18.2 Å². The number of nitrogens with two attached hydrogens (primary N) is 1. The van der Waals surface area contributed by atoms with Gasteiger partial charge in [0.15, 0.2) is 0 Å². The molecule has 5 nitrogen and oxygen atoms in total. The van der Waals surface area contributed by atoms with E-state index in [9.17, 15) is 9.18 Å². The quantitative estimate of drug-likeness (QED) is 0.707. The molecule has 88 valence electrons. The third-order valence-corrected chi connectivity index (χ3v) is 2.15. The standard InChI is InChI=1S/C10H13FN2O3/c1-5(11)7-2-6(14)4-13-9(7)3-8(12)10(15)16/h2,4-5,8,14H,3,12H2,1H3,(H,15,16). The maximum absolute atomic E-state index is 13.2. The molecule has 0 amide bonds. The summed E-state index contributed by atoms with van der Waals surface area (Å²) in [7, 11) is 0. The first kappa shape index (κ1) is 12.4. The van der Waals surface area contributed by atoms with Crippen LogP contribution in [0, 0.1) is 0 Å². The molecule has 0 saturated carbocycles. The molecule has 0 bridgehead atoms. The number of aromatic nitrogens is 1. The van der Waals surface area contributed by atoms with E-state index in [1.165, 1.54) is 13.0 Å². The summed E-state index contributed by atoms with van der Waals surface area (Å²) in [5, 5.41) is 17.8. The molecule has 0 aliphatic rings. The van der Waals surface area contributed by atoms with Crippen LogP contribution in [0.25, 0.3) is 0 Å². The largest absolute Gasteiger partial charge is 0.506 e. The number of carboxylic acid groups (broad SMARTS) is 1. The average molecular weight is 228 g/mol. The lowest BCUT2D eigenvalue weighted by Gasteiger charge is -2.12. The van der Waals surface area contributed by atoms with Crippen LogP contribution in [0.3, 0.4) is 0 Å². The molecule has 1 rings (SSSR count). The first-order valence-corrected chi connectivity index (χ1v) is 4.72. The Labute approximate surface area is 91.7 Å². The second-order valence-corrected chi connectivity index (χ2v) is 3.49. The molecule has 1 aromatic rings. The fraction of sp³-hybridized carbons (Fsp3) is 0.400. The van der Waals surface area contributed by atoms with Gasteiger partial charge < -0.3 is 15.9 Å². The molecule has 0 fully saturated rings. The first-order chi connectivity index (χ1) is 7.41. The fourth-order valence-electron chi connectivity index (χ4n) is 1.31. The average Bonchev–Trinajstić information content (AvgIpc) is 2.20. The summed E-state index contributed by atoms with van der Waals surface area (Å²) in [5.41, 5.74) is 5.75. The second-order valence-electron chi connectivity index (χ2n) is 3.49. The van der Waals surface area contributed by atoms with Gasteiger partial charge in [-0.3, -0.25) is 9.78 Å². The molecule has 16 heavy (non-hydrogen) atoms. The number of alkyl halides is 1. The normalized spacial score (nSPS) is 14.4. The summed E-state index contributed by atoms with van der Waals surface area (Å²) in [6.07, 6.45) is -0.273. The Bertz CT molecular complexity index is 396. The molecule has 0 saturated heterocycles. The maximum atomic E-state index is 13.2. The minimum atomic E-state index is -1.34. The van der Waals surface area contributed by atoms with Crippen molar-refractivity contribution < 1.29 is 19.4 Å². The van der Waals surface area contributed by atoms with E-state index in [4.69, 9.17) is 15.9 Å². The van der Waals surface area contributed by atoms with Gasteiger partial charge in [-0.25, -0.2) is 4.39 Å². The van der Waals surface area contributed by atoms with E-state index >= 15 is 0 Å². The highest BCUT2D eigenvalue weighted by atomic mass is 19.1.